The number of halogens is 2. The molecule has 3 heterocycles. The Morgan fingerprint density at radius 2 is 1.43 bits per heavy atom. The van der Waals surface area contributed by atoms with Gasteiger partial charge in [0.1, 0.15) is 0 Å². The zero-order valence-corrected chi connectivity index (χ0v) is 19.2. The molecule has 0 aliphatic heterocycles. The molecule has 0 radical (unpaired) electrons. The molecule has 7 nitrogen and oxygen atoms in total. The fourth-order valence-corrected chi connectivity index (χ4v) is 4.17. The van der Waals surface area contributed by atoms with E-state index in [1.807, 2.05) is 59.3 Å². The first-order valence-electron chi connectivity index (χ1n) is 9.08. The van der Waals surface area contributed by atoms with Crippen LogP contribution in [0.1, 0.15) is 0 Å². The van der Waals surface area contributed by atoms with E-state index in [4.69, 9.17) is 4.98 Å². The van der Waals surface area contributed by atoms with E-state index < -0.39 is 5.69 Å². The quantitative estimate of drug-likeness (QED) is 0.349. The number of fused-ring (bicyclic) bond motifs is 3. The molecule has 0 bridgehead atoms. The van der Waals surface area contributed by atoms with E-state index in [-0.39, 0.29) is 5.56 Å². The van der Waals surface area contributed by atoms with Crippen LogP contribution in [0, 0.1) is 0 Å². The maximum atomic E-state index is 12.9. The summed E-state index contributed by atoms with van der Waals surface area (Å²) >= 11 is 6.95. The van der Waals surface area contributed by atoms with Crippen LogP contribution in [-0.4, -0.2) is 23.1 Å². The Bertz CT molecular complexity index is 1550. The smallest absolute Gasteiger partial charge is 0.279 e. The summed E-state index contributed by atoms with van der Waals surface area (Å²) in [6.45, 7) is 0. The predicted octanol–water partition coefficient (Wildman–Crippen LogP) is 3.87. The summed E-state index contributed by atoms with van der Waals surface area (Å²) in [5.74, 6) is 0.559. The van der Waals surface area contributed by atoms with Gasteiger partial charge in [0.15, 0.2) is 11.2 Å². The first-order chi connectivity index (χ1) is 14.4. The van der Waals surface area contributed by atoms with Crippen LogP contribution in [0.5, 0.6) is 0 Å². The van der Waals surface area contributed by atoms with Gasteiger partial charge in [-0.1, -0.05) is 44.0 Å². The van der Waals surface area contributed by atoms with E-state index in [0.29, 0.717) is 16.9 Å². The highest BCUT2D eigenvalue weighted by Crippen LogP contribution is 2.30. The molecule has 0 amide bonds. The number of aryl methyl sites for hydroxylation is 1. The van der Waals surface area contributed by atoms with Crippen LogP contribution >= 0.6 is 31.9 Å². The SMILES string of the molecule is Cn1c(=O)c2c(nc3n(-c4ccc(Br)cc4)c(-c4ccc(Br)cc4)cn23)n(C)c1=O. The second-order valence-electron chi connectivity index (χ2n) is 6.99. The molecule has 150 valence electrons. The summed E-state index contributed by atoms with van der Waals surface area (Å²) in [5.41, 5.74) is 2.68. The summed E-state index contributed by atoms with van der Waals surface area (Å²) in [7, 11) is 3.10. The van der Waals surface area contributed by atoms with Gasteiger partial charge in [-0.25, -0.2) is 4.79 Å². The molecular formula is C21H15Br2N5O2. The van der Waals surface area contributed by atoms with Gasteiger partial charge in [-0.2, -0.15) is 4.98 Å². The summed E-state index contributed by atoms with van der Waals surface area (Å²) in [4.78, 5) is 30.0. The Kier molecular flexibility index (Phi) is 4.33. The van der Waals surface area contributed by atoms with Gasteiger partial charge < -0.3 is 0 Å². The number of rotatable bonds is 2. The fourth-order valence-electron chi connectivity index (χ4n) is 3.64. The van der Waals surface area contributed by atoms with Crippen molar-refractivity contribution in [2.75, 3.05) is 0 Å². The maximum absolute atomic E-state index is 12.9. The Hall–Kier alpha value is -2.91. The van der Waals surface area contributed by atoms with E-state index in [1.54, 1.807) is 11.4 Å². The van der Waals surface area contributed by atoms with E-state index in [2.05, 4.69) is 31.9 Å². The van der Waals surface area contributed by atoms with Gasteiger partial charge in [0.05, 0.1) is 5.69 Å². The average Bonchev–Trinajstić information content (AvgIpc) is 3.28. The standard InChI is InChI=1S/C21H15Br2N5O2/c1-25-18-17(19(29)26(2)21(25)30)27-11-16(12-3-5-13(22)6-4-12)28(20(27)24-18)15-9-7-14(23)8-10-15/h3-11H,1-2H3. The van der Waals surface area contributed by atoms with Gasteiger partial charge in [-0.3, -0.25) is 22.9 Å². The Labute approximate surface area is 187 Å². The number of benzene rings is 2. The first kappa shape index (κ1) is 19.1. The van der Waals surface area contributed by atoms with Crippen LogP contribution in [0.2, 0.25) is 0 Å². The molecule has 0 saturated carbocycles. The normalized spacial score (nSPS) is 11.6. The molecule has 0 aliphatic carbocycles. The van der Waals surface area contributed by atoms with Crippen LogP contribution in [0.25, 0.3) is 33.9 Å². The van der Waals surface area contributed by atoms with E-state index in [0.717, 1.165) is 30.5 Å². The molecule has 9 heteroatoms. The highest BCUT2D eigenvalue weighted by Gasteiger charge is 2.21. The van der Waals surface area contributed by atoms with E-state index in [1.165, 1.54) is 11.6 Å². The van der Waals surface area contributed by atoms with Crippen molar-refractivity contribution in [3.05, 3.63) is 84.5 Å². The van der Waals surface area contributed by atoms with Crippen LogP contribution in [0.15, 0.2) is 73.3 Å². The minimum absolute atomic E-state index is 0.353. The zero-order chi connectivity index (χ0) is 21.2. The second-order valence-corrected chi connectivity index (χ2v) is 8.82. The average molecular weight is 529 g/mol. The third-order valence-electron chi connectivity index (χ3n) is 5.19. The number of imidazole rings is 2. The molecule has 0 N–H and O–H groups in total. The Balaban J connectivity index is 1.95. The van der Waals surface area contributed by atoms with Gasteiger partial charge >= 0.3 is 5.69 Å². The molecule has 0 aliphatic rings. The van der Waals surface area contributed by atoms with Gasteiger partial charge in [0.2, 0.25) is 5.78 Å². The van der Waals surface area contributed by atoms with Crippen molar-refractivity contribution in [3.63, 3.8) is 0 Å². The number of aromatic nitrogens is 5. The van der Waals surface area contributed by atoms with Crippen molar-refractivity contribution in [1.29, 1.82) is 0 Å². The molecule has 5 aromatic rings. The summed E-state index contributed by atoms with van der Waals surface area (Å²) in [6.07, 6.45) is 1.89. The van der Waals surface area contributed by atoms with E-state index in [9.17, 15) is 9.59 Å². The van der Waals surface area contributed by atoms with Crippen molar-refractivity contribution in [2.45, 2.75) is 0 Å². The van der Waals surface area contributed by atoms with Gasteiger partial charge in [-0.15, -0.1) is 0 Å². The van der Waals surface area contributed by atoms with Crippen molar-refractivity contribution < 1.29 is 0 Å². The van der Waals surface area contributed by atoms with Gasteiger partial charge in [-0.05, 0) is 36.4 Å². The lowest BCUT2D eigenvalue weighted by Gasteiger charge is -2.09. The highest BCUT2D eigenvalue weighted by atomic mass is 79.9. The van der Waals surface area contributed by atoms with Crippen molar-refractivity contribution in [1.82, 2.24) is 23.1 Å². The molecule has 3 aromatic heterocycles. The lowest BCUT2D eigenvalue weighted by molar-refractivity contribution is 0.708. The monoisotopic (exact) mass is 527 g/mol. The fraction of sp³-hybridized carbons (Fsp3) is 0.0952. The van der Waals surface area contributed by atoms with Crippen LogP contribution in [0.3, 0.4) is 0 Å². The largest absolute Gasteiger partial charge is 0.332 e. The Morgan fingerprint density at radius 3 is 2.07 bits per heavy atom. The molecule has 0 spiro atoms. The van der Waals surface area contributed by atoms with E-state index >= 15 is 0 Å². The first-order valence-corrected chi connectivity index (χ1v) is 10.7. The topological polar surface area (TPSA) is 66.2 Å². The minimum Gasteiger partial charge on any atom is -0.279 e. The molecule has 0 fully saturated rings. The molecule has 30 heavy (non-hydrogen) atoms. The minimum atomic E-state index is -0.406. The molecule has 0 saturated heterocycles. The lowest BCUT2D eigenvalue weighted by Crippen LogP contribution is -2.37. The van der Waals surface area contributed by atoms with Gasteiger partial charge in [0, 0.05) is 40.5 Å². The lowest BCUT2D eigenvalue weighted by atomic mass is 10.1. The summed E-state index contributed by atoms with van der Waals surface area (Å²) in [5, 5.41) is 0. The second kappa shape index (κ2) is 6.82. The Morgan fingerprint density at radius 1 is 0.833 bits per heavy atom. The maximum Gasteiger partial charge on any atom is 0.332 e. The molecule has 2 aromatic carbocycles. The predicted molar refractivity (Wildman–Crippen MR) is 123 cm³/mol. The van der Waals surface area contributed by atoms with Crippen molar-refractivity contribution in [3.8, 4) is 16.9 Å². The van der Waals surface area contributed by atoms with Crippen LogP contribution in [-0.2, 0) is 14.1 Å². The zero-order valence-electron chi connectivity index (χ0n) is 16.0. The number of hydrogen-bond donors (Lipinski definition) is 0. The van der Waals surface area contributed by atoms with Gasteiger partial charge in [0.25, 0.3) is 5.56 Å². The third-order valence-corrected chi connectivity index (χ3v) is 6.25. The molecule has 5 rings (SSSR count). The summed E-state index contributed by atoms with van der Waals surface area (Å²) < 4.78 is 8.19. The molecule has 0 unspecified atom stereocenters. The molecular weight excluding hydrogens is 514 g/mol. The van der Waals surface area contributed by atoms with Crippen molar-refractivity contribution in [2.24, 2.45) is 14.1 Å². The highest BCUT2D eigenvalue weighted by molar-refractivity contribution is 9.10. The summed E-state index contributed by atoms with van der Waals surface area (Å²) in [6, 6.07) is 15.8. The van der Waals surface area contributed by atoms with Crippen molar-refractivity contribution >= 4 is 48.8 Å². The number of hydrogen-bond acceptors (Lipinski definition) is 3. The molecule has 0 atom stereocenters. The third kappa shape index (κ3) is 2.73. The van der Waals surface area contributed by atoms with Crippen LogP contribution in [0.4, 0.5) is 0 Å². The van der Waals surface area contributed by atoms with Crippen LogP contribution < -0.4 is 11.2 Å². The number of nitrogens with zero attached hydrogens (tertiary/aromatic N) is 5.